The molecule has 0 aliphatic carbocycles. The number of likely N-dealkylation sites (N-methyl/N-ethyl adjacent to an activating group) is 1. The van der Waals surface area contributed by atoms with Gasteiger partial charge in [0.1, 0.15) is 11.6 Å². The Morgan fingerprint density at radius 3 is 2.83 bits per heavy atom. The van der Waals surface area contributed by atoms with Crippen molar-refractivity contribution in [2.24, 2.45) is 0 Å². The number of aromatic nitrogens is 2. The summed E-state index contributed by atoms with van der Waals surface area (Å²) < 4.78 is 0. The van der Waals surface area contributed by atoms with E-state index in [0.29, 0.717) is 11.9 Å². The van der Waals surface area contributed by atoms with Gasteiger partial charge in [0.25, 0.3) is 0 Å². The monoisotopic (exact) mass is 249 g/mol. The molecule has 1 fully saturated rings. The van der Waals surface area contributed by atoms with E-state index in [1.165, 1.54) is 6.42 Å². The SMILES string of the molecule is CCC1CN(Cc2nc(C)cc(N)n2)CCN1C. The molecule has 0 spiro atoms. The van der Waals surface area contributed by atoms with Crippen LogP contribution in [-0.2, 0) is 6.54 Å². The third kappa shape index (κ3) is 3.17. The summed E-state index contributed by atoms with van der Waals surface area (Å²) in [6.45, 7) is 8.27. The molecule has 5 nitrogen and oxygen atoms in total. The van der Waals surface area contributed by atoms with Crippen molar-refractivity contribution in [1.82, 2.24) is 19.8 Å². The molecule has 1 unspecified atom stereocenters. The number of nitrogen functional groups attached to an aromatic ring is 1. The van der Waals surface area contributed by atoms with Gasteiger partial charge in [0.05, 0.1) is 6.54 Å². The molecule has 0 bridgehead atoms. The molecule has 1 aliphatic heterocycles. The largest absolute Gasteiger partial charge is 0.384 e. The van der Waals surface area contributed by atoms with Gasteiger partial charge in [0.2, 0.25) is 0 Å². The van der Waals surface area contributed by atoms with Crippen LogP contribution in [0.5, 0.6) is 0 Å². The highest BCUT2D eigenvalue weighted by molar-refractivity contribution is 5.29. The fraction of sp³-hybridized carbons (Fsp3) is 0.692. The summed E-state index contributed by atoms with van der Waals surface area (Å²) >= 11 is 0. The van der Waals surface area contributed by atoms with Crippen LogP contribution < -0.4 is 5.73 Å². The smallest absolute Gasteiger partial charge is 0.144 e. The fourth-order valence-corrected chi connectivity index (χ4v) is 2.52. The number of nitrogens with two attached hydrogens (primary N) is 1. The van der Waals surface area contributed by atoms with E-state index in [9.17, 15) is 0 Å². The van der Waals surface area contributed by atoms with Gasteiger partial charge in [0, 0.05) is 37.4 Å². The molecule has 1 aromatic heterocycles. The van der Waals surface area contributed by atoms with Crippen molar-refractivity contribution < 1.29 is 0 Å². The highest BCUT2D eigenvalue weighted by Gasteiger charge is 2.23. The molecule has 2 N–H and O–H groups in total. The predicted octanol–water partition coefficient (Wildman–Crippen LogP) is 0.893. The van der Waals surface area contributed by atoms with Crippen molar-refractivity contribution in [3.05, 3.63) is 17.6 Å². The summed E-state index contributed by atoms with van der Waals surface area (Å²) in [5.41, 5.74) is 6.71. The number of piperazine rings is 1. The molecule has 0 radical (unpaired) electrons. The van der Waals surface area contributed by atoms with Crippen LogP contribution in [0.1, 0.15) is 24.9 Å². The van der Waals surface area contributed by atoms with Gasteiger partial charge in [-0.15, -0.1) is 0 Å². The Balaban J connectivity index is 2.01. The molecule has 0 saturated carbocycles. The molecular weight excluding hydrogens is 226 g/mol. The van der Waals surface area contributed by atoms with Gasteiger partial charge in [-0.1, -0.05) is 6.92 Å². The molecule has 5 heteroatoms. The molecule has 1 saturated heterocycles. The minimum Gasteiger partial charge on any atom is -0.384 e. The summed E-state index contributed by atoms with van der Waals surface area (Å²) in [7, 11) is 2.20. The Labute approximate surface area is 109 Å². The normalized spacial score (nSPS) is 22.3. The van der Waals surface area contributed by atoms with Gasteiger partial charge in [-0.2, -0.15) is 0 Å². The highest BCUT2D eigenvalue weighted by Crippen LogP contribution is 2.13. The molecule has 100 valence electrons. The van der Waals surface area contributed by atoms with Crippen LogP contribution in [0.3, 0.4) is 0 Å². The van der Waals surface area contributed by atoms with E-state index in [4.69, 9.17) is 5.73 Å². The van der Waals surface area contributed by atoms with E-state index < -0.39 is 0 Å². The van der Waals surface area contributed by atoms with Crippen LogP contribution in [0.25, 0.3) is 0 Å². The molecule has 0 aromatic carbocycles. The molecule has 2 heterocycles. The molecule has 1 aliphatic rings. The van der Waals surface area contributed by atoms with Crippen molar-refractivity contribution in [3.63, 3.8) is 0 Å². The first-order chi connectivity index (χ1) is 8.58. The topological polar surface area (TPSA) is 58.3 Å². The van der Waals surface area contributed by atoms with Crippen molar-refractivity contribution in [3.8, 4) is 0 Å². The van der Waals surface area contributed by atoms with Crippen molar-refractivity contribution in [1.29, 1.82) is 0 Å². The first kappa shape index (κ1) is 13.2. The average Bonchev–Trinajstić information content (AvgIpc) is 2.30. The van der Waals surface area contributed by atoms with Gasteiger partial charge in [-0.05, 0) is 20.4 Å². The minimum absolute atomic E-state index is 0.568. The van der Waals surface area contributed by atoms with Gasteiger partial charge in [0.15, 0.2) is 0 Å². The summed E-state index contributed by atoms with van der Waals surface area (Å²) in [4.78, 5) is 13.6. The first-order valence-corrected chi connectivity index (χ1v) is 6.61. The van der Waals surface area contributed by atoms with E-state index in [-0.39, 0.29) is 0 Å². The van der Waals surface area contributed by atoms with Crippen LogP contribution in [0.15, 0.2) is 6.07 Å². The average molecular weight is 249 g/mol. The molecule has 1 atom stereocenters. The number of anilines is 1. The Hall–Kier alpha value is -1.20. The van der Waals surface area contributed by atoms with Crippen LogP contribution in [-0.4, -0.2) is 52.5 Å². The number of aryl methyl sites for hydroxylation is 1. The lowest BCUT2D eigenvalue weighted by atomic mass is 10.1. The zero-order valence-corrected chi connectivity index (χ0v) is 11.6. The van der Waals surface area contributed by atoms with Crippen molar-refractivity contribution >= 4 is 5.82 Å². The van der Waals surface area contributed by atoms with E-state index in [0.717, 1.165) is 37.7 Å². The molecule has 2 rings (SSSR count). The maximum Gasteiger partial charge on any atom is 0.144 e. The Bertz CT molecular complexity index is 386. The second-order valence-corrected chi connectivity index (χ2v) is 5.13. The number of hydrogen-bond acceptors (Lipinski definition) is 5. The van der Waals surface area contributed by atoms with Crippen LogP contribution in [0.4, 0.5) is 5.82 Å². The lowest BCUT2D eigenvalue weighted by Gasteiger charge is -2.38. The van der Waals surface area contributed by atoms with Gasteiger partial charge in [-0.25, -0.2) is 9.97 Å². The number of hydrogen-bond donors (Lipinski definition) is 1. The minimum atomic E-state index is 0.568. The van der Waals surface area contributed by atoms with E-state index >= 15 is 0 Å². The van der Waals surface area contributed by atoms with Crippen LogP contribution in [0.2, 0.25) is 0 Å². The number of nitrogens with zero attached hydrogens (tertiary/aromatic N) is 4. The Morgan fingerprint density at radius 1 is 1.39 bits per heavy atom. The zero-order valence-electron chi connectivity index (χ0n) is 11.6. The summed E-state index contributed by atoms with van der Waals surface area (Å²) in [6, 6.07) is 2.45. The van der Waals surface area contributed by atoms with E-state index in [2.05, 4.69) is 33.7 Å². The maximum atomic E-state index is 5.76. The molecule has 1 aromatic rings. The summed E-state index contributed by atoms with van der Waals surface area (Å²) in [5, 5.41) is 0. The first-order valence-electron chi connectivity index (χ1n) is 6.61. The molecular formula is C13H23N5. The zero-order chi connectivity index (χ0) is 13.1. The fourth-order valence-electron chi connectivity index (χ4n) is 2.52. The quantitative estimate of drug-likeness (QED) is 0.862. The summed E-state index contributed by atoms with van der Waals surface area (Å²) in [6.07, 6.45) is 1.18. The second kappa shape index (κ2) is 5.63. The second-order valence-electron chi connectivity index (χ2n) is 5.13. The van der Waals surface area contributed by atoms with Crippen molar-refractivity contribution in [2.45, 2.75) is 32.9 Å². The molecule has 18 heavy (non-hydrogen) atoms. The third-order valence-corrected chi connectivity index (χ3v) is 3.62. The van der Waals surface area contributed by atoms with Crippen molar-refractivity contribution in [2.75, 3.05) is 32.4 Å². The standard InChI is InChI=1S/C13H23N5/c1-4-11-8-18(6-5-17(11)3)9-13-15-10(2)7-12(14)16-13/h7,11H,4-6,8-9H2,1-3H3,(H2,14,15,16). The molecule has 0 amide bonds. The Kier molecular flexibility index (Phi) is 4.14. The van der Waals surface area contributed by atoms with Gasteiger partial charge >= 0.3 is 0 Å². The van der Waals surface area contributed by atoms with Gasteiger partial charge in [-0.3, -0.25) is 4.90 Å². The lowest BCUT2D eigenvalue weighted by Crippen LogP contribution is -2.50. The third-order valence-electron chi connectivity index (χ3n) is 3.62. The van der Waals surface area contributed by atoms with Crippen LogP contribution in [0, 0.1) is 6.92 Å². The van der Waals surface area contributed by atoms with Gasteiger partial charge < -0.3 is 10.6 Å². The van der Waals surface area contributed by atoms with Crippen LogP contribution >= 0.6 is 0 Å². The predicted molar refractivity (Wildman–Crippen MR) is 73.2 cm³/mol. The van der Waals surface area contributed by atoms with E-state index in [1.807, 2.05) is 13.0 Å². The maximum absolute atomic E-state index is 5.76. The van der Waals surface area contributed by atoms with E-state index in [1.54, 1.807) is 0 Å². The lowest BCUT2D eigenvalue weighted by molar-refractivity contribution is 0.0866. The highest BCUT2D eigenvalue weighted by atomic mass is 15.3. The Morgan fingerprint density at radius 2 is 2.17 bits per heavy atom. The number of rotatable bonds is 3. The summed E-state index contributed by atoms with van der Waals surface area (Å²) in [5.74, 6) is 1.41.